The minimum absolute atomic E-state index is 0. The number of piperidine rings is 1. The van der Waals surface area contributed by atoms with E-state index in [2.05, 4.69) is 24.8 Å². The van der Waals surface area contributed by atoms with Crippen molar-refractivity contribution in [2.75, 3.05) is 26.2 Å². The number of benzene rings is 1. The van der Waals surface area contributed by atoms with Crippen molar-refractivity contribution in [3.05, 3.63) is 29.8 Å². The molecule has 1 heterocycles. The van der Waals surface area contributed by atoms with Gasteiger partial charge in [-0.1, -0.05) is 45.2 Å². The molecule has 3 rings (SSSR count). The summed E-state index contributed by atoms with van der Waals surface area (Å²) in [5, 5.41) is 9.90. The molecule has 1 aliphatic heterocycles. The predicted molar refractivity (Wildman–Crippen MR) is 129 cm³/mol. The first kappa shape index (κ1) is 28.2. The van der Waals surface area contributed by atoms with Gasteiger partial charge in [0.1, 0.15) is 12.2 Å². The molecule has 182 valence electrons. The lowest BCUT2D eigenvalue weighted by atomic mass is 9.68. The van der Waals surface area contributed by atoms with Crippen molar-refractivity contribution in [2.45, 2.75) is 70.3 Å². The summed E-state index contributed by atoms with van der Waals surface area (Å²) in [6, 6.07) is 7.88. The molecule has 0 radical (unpaired) electrons. The number of primary amides is 1. The van der Waals surface area contributed by atoms with Gasteiger partial charge in [0.2, 0.25) is 11.8 Å². The fraction of sp³-hybridized carbons (Fsp3) is 0.667. The number of hydrogen-bond acceptors (Lipinski definition) is 4. The molecule has 2 amide bonds. The lowest BCUT2D eigenvalue weighted by Crippen LogP contribution is -2.51. The summed E-state index contributed by atoms with van der Waals surface area (Å²) >= 11 is 0. The molecule has 5 N–H and O–H groups in total. The third-order valence-electron chi connectivity index (χ3n) is 7.39. The van der Waals surface area contributed by atoms with Crippen molar-refractivity contribution >= 4 is 24.2 Å². The largest absolute Gasteiger partial charge is 0.508 e. The zero-order valence-corrected chi connectivity index (χ0v) is 20.2. The summed E-state index contributed by atoms with van der Waals surface area (Å²) in [6.45, 7) is 7.95. The summed E-state index contributed by atoms with van der Waals surface area (Å²) in [7, 11) is 0. The Balaban J connectivity index is 0.00000256. The number of likely N-dealkylation sites (tertiary alicyclic amines) is 1. The molecular formula is C24H40ClN3O4. The van der Waals surface area contributed by atoms with Crippen LogP contribution < -0.4 is 5.73 Å². The number of hydrogen-bond donors (Lipinski definition) is 2. The number of phenols is 1. The number of carbonyl (C=O) groups excluding carboxylic acids is 2. The van der Waals surface area contributed by atoms with E-state index in [-0.39, 0.29) is 41.7 Å². The molecule has 8 heteroatoms. The topological polar surface area (TPSA) is 118 Å². The number of halogens is 1. The molecule has 1 saturated carbocycles. The Labute approximate surface area is 198 Å². The average molecular weight is 470 g/mol. The molecule has 1 aromatic carbocycles. The van der Waals surface area contributed by atoms with Crippen LogP contribution >= 0.6 is 12.4 Å². The van der Waals surface area contributed by atoms with E-state index < -0.39 is 5.91 Å². The number of rotatable bonds is 7. The van der Waals surface area contributed by atoms with Gasteiger partial charge in [-0.2, -0.15) is 0 Å². The minimum atomic E-state index is -0.547. The lowest BCUT2D eigenvalue weighted by Gasteiger charge is -2.46. The average Bonchev–Trinajstić information content (AvgIpc) is 2.71. The number of nitrogens with two attached hydrogens (primary N) is 1. The highest BCUT2D eigenvalue weighted by Crippen LogP contribution is 2.40. The first-order chi connectivity index (χ1) is 14.3. The van der Waals surface area contributed by atoms with Gasteiger partial charge >= 0.3 is 0 Å². The molecule has 1 saturated heterocycles. The number of nitrogens with zero attached hydrogens (tertiary/aromatic N) is 2. The molecule has 2 unspecified atom stereocenters. The number of amides is 2. The Kier molecular flexibility index (Phi) is 10.9. The Morgan fingerprint density at radius 1 is 1.25 bits per heavy atom. The zero-order valence-electron chi connectivity index (χ0n) is 19.4. The van der Waals surface area contributed by atoms with E-state index in [4.69, 9.17) is 5.73 Å². The van der Waals surface area contributed by atoms with Crippen molar-refractivity contribution in [2.24, 2.45) is 11.7 Å². The van der Waals surface area contributed by atoms with E-state index in [0.717, 1.165) is 51.7 Å². The van der Waals surface area contributed by atoms with Gasteiger partial charge < -0.3 is 26.1 Å². The summed E-state index contributed by atoms with van der Waals surface area (Å²) in [5.41, 5.74) is 6.52. The van der Waals surface area contributed by atoms with Crippen LogP contribution in [0.4, 0.5) is 0 Å². The third kappa shape index (κ3) is 6.83. The van der Waals surface area contributed by atoms with E-state index in [1.807, 2.05) is 17.0 Å². The fourth-order valence-corrected chi connectivity index (χ4v) is 5.21. The monoisotopic (exact) mass is 469 g/mol. The van der Waals surface area contributed by atoms with Gasteiger partial charge in [-0.15, -0.1) is 12.4 Å². The maximum atomic E-state index is 12.7. The van der Waals surface area contributed by atoms with Crippen LogP contribution in [0.2, 0.25) is 0 Å². The van der Waals surface area contributed by atoms with Crippen molar-refractivity contribution in [3.8, 4) is 5.75 Å². The van der Waals surface area contributed by atoms with Crippen LogP contribution in [0.5, 0.6) is 5.75 Å². The van der Waals surface area contributed by atoms with Crippen LogP contribution in [0, 0.1) is 5.92 Å². The normalized spacial score (nSPS) is 24.1. The van der Waals surface area contributed by atoms with Crippen LogP contribution in [-0.4, -0.2) is 64.4 Å². The van der Waals surface area contributed by atoms with Crippen LogP contribution in [-0.2, 0) is 15.0 Å². The second kappa shape index (κ2) is 12.4. The second-order valence-electron chi connectivity index (χ2n) is 9.44. The molecule has 0 spiro atoms. The van der Waals surface area contributed by atoms with E-state index in [1.54, 1.807) is 6.07 Å². The molecular weight excluding hydrogens is 430 g/mol. The Bertz CT molecular complexity index is 757. The van der Waals surface area contributed by atoms with Crippen molar-refractivity contribution in [3.63, 3.8) is 0 Å². The maximum Gasteiger partial charge on any atom is 0.232 e. The Hall–Kier alpha value is -1.83. The highest BCUT2D eigenvalue weighted by atomic mass is 35.5. The fourth-order valence-electron chi connectivity index (χ4n) is 5.21. The first-order valence-electron chi connectivity index (χ1n) is 11.4. The van der Waals surface area contributed by atoms with Crippen molar-refractivity contribution in [1.82, 2.24) is 9.80 Å². The van der Waals surface area contributed by atoms with Gasteiger partial charge in [0.25, 0.3) is 0 Å². The minimum Gasteiger partial charge on any atom is -0.508 e. The summed E-state index contributed by atoms with van der Waals surface area (Å²) < 4.78 is 0. The smallest absolute Gasteiger partial charge is 0.232 e. The first-order valence-corrected chi connectivity index (χ1v) is 11.4. The molecule has 1 aromatic rings. The summed E-state index contributed by atoms with van der Waals surface area (Å²) in [6.07, 6.45) is 6.39. The molecule has 0 bridgehead atoms. The van der Waals surface area contributed by atoms with Crippen LogP contribution in [0.15, 0.2) is 24.3 Å². The maximum absolute atomic E-state index is 12.7. The predicted octanol–water partition coefficient (Wildman–Crippen LogP) is 2.63. The Morgan fingerprint density at radius 3 is 2.53 bits per heavy atom. The molecule has 7 nitrogen and oxygen atoms in total. The van der Waals surface area contributed by atoms with Gasteiger partial charge in [-0.3, -0.25) is 9.59 Å². The van der Waals surface area contributed by atoms with Gasteiger partial charge in [0.15, 0.2) is 0 Å². The van der Waals surface area contributed by atoms with Gasteiger partial charge in [-0.05, 0) is 54.8 Å². The van der Waals surface area contributed by atoms with Crippen LogP contribution in [0.3, 0.4) is 0 Å². The molecule has 2 aliphatic rings. The SMILES string of the molecule is CC1CN(CCN(C(=O)CC(N)=O)C2CCCCC2)CCC1(C)c1cccc(O)c1.Cl.O. The van der Waals surface area contributed by atoms with E-state index in [9.17, 15) is 14.7 Å². The van der Waals surface area contributed by atoms with Crippen LogP contribution in [0.1, 0.15) is 64.4 Å². The standard InChI is InChI=1S/C24H37N3O3.ClH.H2O/c1-18-17-26(12-11-24(18,2)19-7-6-10-21(28)15-19)13-14-27(23(30)16-22(25)29)20-8-4-3-5-9-20;;/h6-7,10,15,18,20,28H,3-5,8-9,11-14,16-17H2,1-2H3,(H2,25,29);1H;1H2. The molecule has 32 heavy (non-hydrogen) atoms. The van der Waals surface area contributed by atoms with Crippen molar-refractivity contribution < 1.29 is 20.2 Å². The molecule has 2 fully saturated rings. The number of aromatic hydroxyl groups is 1. The third-order valence-corrected chi connectivity index (χ3v) is 7.39. The zero-order chi connectivity index (χ0) is 21.7. The Morgan fingerprint density at radius 2 is 1.94 bits per heavy atom. The van der Waals surface area contributed by atoms with E-state index in [0.29, 0.717) is 18.2 Å². The lowest BCUT2D eigenvalue weighted by molar-refractivity contribution is -0.137. The van der Waals surface area contributed by atoms with Gasteiger partial charge in [0, 0.05) is 25.7 Å². The number of carbonyl (C=O) groups is 2. The molecule has 2 atom stereocenters. The van der Waals surface area contributed by atoms with E-state index >= 15 is 0 Å². The highest BCUT2D eigenvalue weighted by molar-refractivity contribution is 5.96. The molecule has 0 aromatic heterocycles. The van der Waals surface area contributed by atoms with Crippen LogP contribution in [0.25, 0.3) is 0 Å². The second-order valence-corrected chi connectivity index (χ2v) is 9.44. The van der Waals surface area contributed by atoms with Crippen molar-refractivity contribution in [1.29, 1.82) is 0 Å². The van der Waals surface area contributed by atoms with Gasteiger partial charge in [0.05, 0.1) is 0 Å². The number of phenolic OH excluding ortho intramolecular Hbond substituents is 1. The van der Waals surface area contributed by atoms with Gasteiger partial charge in [-0.25, -0.2) is 0 Å². The summed E-state index contributed by atoms with van der Waals surface area (Å²) in [4.78, 5) is 28.4. The quantitative estimate of drug-likeness (QED) is 0.596. The van der Waals surface area contributed by atoms with E-state index in [1.165, 1.54) is 12.0 Å². The summed E-state index contributed by atoms with van der Waals surface area (Å²) in [5.74, 6) is 0.0790. The highest BCUT2D eigenvalue weighted by Gasteiger charge is 2.38. The molecule has 1 aliphatic carbocycles.